The third-order valence-corrected chi connectivity index (χ3v) is 4.02. The zero-order valence-electron chi connectivity index (χ0n) is 12.7. The second-order valence-electron chi connectivity index (χ2n) is 6.20. The maximum atomic E-state index is 12.6. The summed E-state index contributed by atoms with van der Waals surface area (Å²) in [6, 6.07) is 5.51. The second-order valence-corrected chi connectivity index (χ2v) is 6.99. The molecule has 0 bridgehead atoms. The lowest BCUT2D eigenvalue weighted by molar-refractivity contribution is 0.0890. The first kappa shape index (κ1) is 16.1. The van der Waals surface area contributed by atoms with Gasteiger partial charge in [0.15, 0.2) is 11.5 Å². The molecule has 0 aliphatic carbocycles. The summed E-state index contributed by atoms with van der Waals surface area (Å²) < 4.78 is 11.1. The standard InChI is InChI=1S/C16H22BrNO3/c1-16(2,3)13(7-8-17)18-15(19)11-5-4-6-12-14(11)21-10-9-20-12/h4-6,13H,7-10H2,1-3H3,(H,18,19). The van der Waals surface area contributed by atoms with E-state index in [1.807, 2.05) is 12.1 Å². The van der Waals surface area contributed by atoms with Crippen molar-refractivity contribution in [2.24, 2.45) is 5.41 Å². The van der Waals surface area contributed by atoms with Gasteiger partial charge in [-0.15, -0.1) is 0 Å². The minimum absolute atomic E-state index is 0.00434. The number of alkyl halides is 1. The Morgan fingerprint density at radius 1 is 1.33 bits per heavy atom. The van der Waals surface area contributed by atoms with E-state index in [1.54, 1.807) is 6.07 Å². The van der Waals surface area contributed by atoms with Crippen LogP contribution in [0.1, 0.15) is 37.6 Å². The van der Waals surface area contributed by atoms with Gasteiger partial charge >= 0.3 is 0 Å². The summed E-state index contributed by atoms with van der Waals surface area (Å²) >= 11 is 3.45. The maximum absolute atomic E-state index is 12.6. The molecule has 0 fully saturated rings. The molecule has 2 rings (SSSR count). The first-order chi connectivity index (χ1) is 9.93. The molecule has 1 aromatic carbocycles. The number of para-hydroxylation sites is 1. The number of carbonyl (C=O) groups excluding carboxylic acids is 1. The highest BCUT2D eigenvalue weighted by Gasteiger charge is 2.28. The molecular formula is C16H22BrNO3. The van der Waals surface area contributed by atoms with Gasteiger partial charge in [-0.25, -0.2) is 0 Å². The van der Waals surface area contributed by atoms with Crippen LogP contribution in [0, 0.1) is 5.41 Å². The van der Waals surface area contributed by atoms with E-state index in [4.69, 9.17) is 9.47 Å². The summed E-state index contributed by atoms with van der Waals surface area (Å²) in [5.74, 6) is 1.08. The van der Waals surface area contributed by atoms with Gasteiger partial charge in [-0.2, -0.15) is 0 Å². The lowest BCUT2D eigenvalue weighted by Gasteiger charge is -2.31. The van der Waals surface area contributed by atoms with E-state index >= 15 is 0 Å². The van der Waals surface area contributed by atoms with Crippen LogP contribution in [0.5, 0.6) is 11.5 Å². The highest BCUT2D eigenvalue weighted by atomic mass is 79.9. The summed E-state index contributed by atoms with van der Waals surface area (Å²) in [6.45, 7) is 7.37. The fourth-order valence-corrected chi connectivity index (χ4v) is 2.78. The van der Waals surface area contributed by atoms with Crippen LogP contribution in [-0.2, 0) is 0 Å². The molecule has 0 saturated carbocycles. The SMILES string of the molecule is CC(C)(C)C(CCBr)NC(=O)c1cccc2c1OCCO2. The lowest BCUT2D eigenvalue weighted by Crippen LogP contribution is -2.44. The van der Waals surface area contributed by atoms with Crippen LogP contribution in [0.2, 0.25) is 0 Å². The molecule has 1 aliphatic rings. The Hall–Kier alpha value is -1.23. The van der Waals surface area contributed by atoms with Crippen molar-refractivity contribution in [2.75, 3.05) is 18.5 Å². The van der Waals surface area contributed by atoms with E-state index < -0.39 is 0 Å². The van der Waals surface area contributed by atoms with Crippen LogP contribution < -0.4 is 14.8 Å². The highest BCUT2D eigenvalue weighted by molar-refractivity contribution is 9.09. The van der Waals surface area contributed by atoms with Crippen LogP contribution in [0.3, 0.4) is 0 Å². The zero-order chi connectivity index (χ0) is 15.5. The zero-order valence-corrected chi connectivity index (χ0v) is 14.3. The monoisotopic (exact) mass is 355 g/mol. The van der Waals surface area contributed by atoms with Crippen molar-refractivity contribution >= 4 is 21.8 Å². The van der Waals surface area contributed by atoms with Crippen LogP contribution in [-0.4, -0.2) is 30.5 Å². The number of nitrogens with one attached hydrogen (secondary N) is 1. The van der Waals surface area contributed by atoms with E-state index in [0.717, 1.165) is 11.8 Å². The molecule has 1 aromatic rings. The van der Waals surface area contributed by atoms with Crippen LogP contribution >= 0.6 is 15.9 Å². The molecule has 1 unspecified atom stereocenters. The van der Waals surface area contributed by atoms with Crippen LogP contribution in [0.15, 0.2) is 18.2 Å². The largest absolute Gasteiger partial charge is 0.486 e. The van der Waals surface area contributed by atoms with Crippen molar-refractivity contribution in [2.45, 2.75) is 33.2 Å². The Bertz CT molecular complexity index is 511. The Kier molecular flexibility index (Phi) is 5.14. The van der Waals surface area contributed by atoms with E-state index in [-0.39, 0.29) is 17.4 Å². The van der Waals surface area contributed by atoms with Crippen LogP contribution in [0.25, 0.3) is 0 Å². The molecule has 5 heteroatoms. The van der Waals surface area contributed by atoms with Gasteiger partial charge in [0.2, 0.25) is 0 Å². The van der Waals surface area contributed by atoms with Gasteiger partial charge in [-0.3, -0.25) is 4.79 Å². The number of rotatable bonds is 4. The number of hydrogen-bond donors (Lipinski definition) is 1. The van der Waals surface area contributed by atoms with Gasteiger partial charge < -0.3 is 14.8 Å². The Morgan fingerprint density at radius 3 is 2.71 bits per heavy atom. The lowest BCUT2D eigenvalue weighted by atomic mass is 9.85. The molecule has 21 heavy (non-hydrogen) atoms. The first-order valence-electron chi connectivity index (χ1n) is 7.19. The van der Waals surface area contributed by atoms with Crippen molar-refractivity contribution < 1.29 is 14.3 Å². The molecule has 0 aromatic heterocycles. The summed E-state index contributed by atoms with van der Waals surface area (Å²) in [5.41, 5.74) is 0.534. The Labute approximate surface area is 134 Å². The van der Waals surface area contributed by atoms with Crippen molar-refractivity contribution in [3.05, 3.63) is 23.8 Å². The fourth-order valence-electron chi connectivity index (χ4n) is 2.32. The van der Waals surface area contributed by atoms with Gasteiger partial charge in [0, 0.05) is 11.4 Å². The quantitative estimate of drug-likeness (QED) is 0.842. The van der Waals surface area contributed by atoms with Crippen molar-refractivity contribution in [1.29, 1.82) is 0 Å². The van der Waals surface area contributed by atoms with Gasteiger partial charge in [0.25, 0.3) is 5.91 Å². The van der Waals surface area contributed by atoms with Gasteiger partial charge in [-0.1, -0.05) is 42.8 Å². The summed E-state index contributed by atoms with van der Waals surface area (Å²) in [7, 11) is 0. The maximum Gasteiger partial charge on any atom is 0.255 e. The van der Waals surface area contributed by atoms with Crippen molar-refractivity contribution in [3.63, 3.8) is 0 Å². The van der Waals surface area contributed by atoms with Crippen LogP contribution in [0.4, 0.5) is 0 Å². The van der Waals surface area contributed by atoms with Crippen molar-refractivity contribution in [3.8, 4) is 11.5 Å². The predicted octanol–water partition coefficient (Wildman–Crippen LogP) is 3.39. The molecule has 116 valence electrons. The highest BCUT2D eigenvalue weighted by Crippen LogP contribution is 2.34. The molecule has 1 N–H and O–H groups in total. The van der Waals surface area contributed by atoms with E-state index in [2.05, 4.69) is 42.0 Å². The molecule has 0 saturated heterocycles. The number of halogens is 1. The number of amides is 1. The van der Waals surface area contributed by atoms with Gasteiger partial charge in [0.1, 0.15) is 13.2 Å². The summed E-state index contributed by atoms with van der Waals surface area (Å²) in [4.78, 5) is 12.6. The van der Waals surface area contributed by atoms with Gasteiger partial charge in [-0.05, 0) is 24.0 Å². The normalized spacial score (nSPS) is 15.4. The van der Waals surface area contributed by atoms with E-state index in [9.17, 15) is 4.79 Å². The first-order valence-corrected chi connectivity index (χ1v) is 8.31. The molecular weight excluding hydrogens is 334 g/mol. The molecule has 0 spiro atoms. The minimum atomic E-state index is -0.113. The summed E-state index contributed by atoms with van der Waals surface area (Å²) in [5, 5.41) is 3.97. The predicted molar refractivity (Wildman–Crippen MR) is 86.6 cm³/mol. The summed E-state index contributed by atoms with van der Waals surface area (Å²) in [6.07, 6.45) is 0.877. The molecule has 1 aliphatic heterocycles. The topological polar surface area (TPSA) is 47.6 Å². The van der Waals surface area contributed by atoms with E-state index in [1.165, 1.54) is 0 Å². The number of fused-ring (bicyclic) bond motifs is 1. The Balaban J connectivity index is 2.20. The molecule has 0 radical (unpaired) electrons. The minimum Gasteiger partial charge on any atom is -0.486 e. The number of hydrogen-bond acceptors (Lipinski definition) is 3. The molecule has 1 atom stereocenters. The number of carbonyl (C=O) groups is 1. The average molecular weight is 356 g/mol. The smallest absolute Gasteiger partial charge is 0.255 e. The van der Waals surface area contributed by atoms with E-state index in [0.29, 0.717) is 30.3 Å². The Morgan fingerprint density at radius 2 is 2.05 bits per heavy atom. The second kappa shape index (κ2) is 6.69. The molecule has 4 nitrogen and oxygen atoms in total. The molecule has 1 amide bonds. The number of benzene rings is 1. The third kappa shape index (κ3) is 3.90. The average Bonchev–Trinajstić information content (AvgIpc) is 2.45. The number of ether oxygens (including phenoxy) is 2. The van der Waals surface area contributed by atoms with Gasteiger partial charge in [0.05, 0.1) is 5.56 Å². The third-order valence-electron chi connectivity index (χ3n) is 3.56. The fraction of sp³-hybridized carbons (Fsp3) is 0.562. The van der Waals surface area contributed by atoms with Crippen molar-refractivity contribution in [1.82, 2.24) is 5.32 Å². The molecule has 1 heterocycles.